The first kappa shape index (κ1) is 24.4. The number of aromatic nitrogens is 4. The average Bonchev–Trinajstić information content (AvgIpc) is 3.54. The van der Waals surface area contributed by atoms with Gasteiger partial charge in [0.25, 0.3) is 5.95 Å². The van der Waals surface area contributed by atoms with Gasteiger partial charge >= 0.3 is 0 Å². The number of hydrogen-bond donors (Lipinski definition) is 1. The molecule has 10 nitrogen and oxygen atoms in total. The summed E-state index contributed by atoms with van der Waals surface area (Å²) < 4.78 is 34.5. The molecule has 0 bridgehead atoms. The summed E-state index contributed by atoms with van der Waals surface area (Å²) in [6.45, 7) is 1.78. The Morgan fingerprint density at radius 2 is 1.97 bits per heavy atom. The van der Waals surface area contributed by atoms with E-state index in [4.69, 9.17) is 25.5 Å². The summed E-state index contributed by atoms with van der Waals surface area (Å²) in [5, 5.41) is 17.8. The van der Waals surface area contributed by atoms with Crippen molar-refractivity contribution in [3.8, 4) is 34.8 Å². The topological polar surface area (TPSA) is 134 Å². The van der Waals surface area contributed by atoms with Crippen LogP contribution in [0.2, 0.25) is 5.02 Å². The number of pyridine rings is 1. The number of anilines is 1. The first-order valence-corrected chi connectivity index (χ1v) is 12.0. The molecule has 0 aliphatic rings. The Balaban J connectivity index is 1.71. The number of methoxy groups -OCH3 is 2. The third-order valence-electron chi connectivity index (χ3n) is 5.13. The van der Waals surface area contributed by atoms with Gasteiger partial charge in [0.15, 0.2) is 5.76 Å². The SMILES string of the molecule is COc1cccc(OC)c1-n1c(N[S+]([O-])C(C)Cc2ncc(Cl)cc2C#N)nnc1-c1ccco1. The molecule has 3 heterocycles. The van der Waals surface area contributed by atoms with E-state index in [9.17, 15) is 9.81 Å². The van der Waals surface area contributed by atoms with Crippen LogP contribution in [0.15, 0.2) is 53.3 Å². The summed E-state index contributed by atoms with van der Waals surface area (Å²) >= 11 is 4.31. The second-order valence-corrected chi connectivity index (χ2v) is 9.38. The Morgan fingerprint density at radius 1 is 1.23 bits per heavy atom. The van der Waals surface area contributed by atoms with Crippen molar-refractivity contribution in [2.24, 2.45) is 0 Å². The molecule has 3 aromatic heterocycles. The number of halogens is 1. The van der Waals surface area contributed by atoms with E-state index in [1.54, 1.807) is 41.8 Å². The number of benzene rings is 1. The molecule has 0 spiro atoms. The molecule has 0 aliphatic heterocycles. The smallest absolute Gasteiger partial charge is 0.271 e. The third-order valence-corrected chi connectivity index (χ3v) is 6.61. The lowest BCUT2D eigenvalue weighted by atomic mass is 10.1. The Bertz CT molecular complexity index is 1330. The van der Waals surface area contributed by atoms with Crippen molar-refractivity contribution >= 4 is 28.9 Å². The molecule has 180 valence electrons. The summed E-state index contributed by atoms with van der Waals surface area (Å²) in [4.78, 5) is 4.23. The normalized spacial score (nSPS) is 12.6. The van der Waals surface area contributed by atoms with Crippen LogP contribution in [0, 0.1) is 11.3 Å². The summed E-state index contributed by atoms with van der Waals surface area (Å²) in [5.74, 6) is 1.97. The number of nitrogens with one attached hydrogen (secondary N) is 1. The highest BCUT2D eigenvalue weighted by Gasteiger charge is 2.28. The first-order valence-electron chi connectivity index (χ1n) is 10.4. The van der Waals surface area contributed by atoms with Crippen LogP contribution < -0.4 is 14.2 Å². The van der Waals surface area contributed by atoms with E-state index in [-0.39, 0.29) is 12.4 Å². The molecule has 0 aliphatic carbocycles. The van der Waals surface area contributed by atoms with Gasteiger partial charge in [-0.25, -0.2) is 4.57 Å². The summed E-state index contributed by atoms with van der Waals surface area (Å²) in [6, 6.07) is 12.4. The lowest BCUT2D eigenvalue weighted by Crippen LogP contribution is -2.29. The minimum atomic E-state index is -1.63. The molecule has 1 aromatic carbocycles. The van der Waals surface area contributed by atoms with E-state index in [2.05, 4.69) is 26.0 Å². The second kappa shape index (κ2) is 10.7. The van der Waals surface area contributed by atoms with E-state index >= 15 is 0 Å². The van der Waals surface area contributed by atoms with Crippen molar-refractivity contribution < 1.29 is 18.4 Å². The highest BCUT2D eigenvalue weighted by atomic mass is 35.5. The predicted molar refractivity (Wildman–Crippen MR) is 131 cm³/mol. The summed E-state index contributed by atoms with van der Waals surface area (Å²) in [6.07, 6.45) is 3.25. The molecule has 4 rings (SSSR count). The maximum atomic E-state index is 13.3. The molecule has 2 unspecified atom stereocenters. The fourth-order valence-corrected chi connectivity index (χ4v) is 4.43. The lowest BCUT2D eigenvalue weighted by molar-refractivity contribution is 0.391. The van der Waals surface area contributed by atoms with Crippen LogP contribution >= 0.6 is 11.6 Å². The molecule has 0 fully saturated rings. The predicted octanol–water partition coefficient (Wildman–Crippen LogP) is 4.17. The van der Waals surface area contributed by atoms with Gasteiger partial charge in [0.2, 0.25) is 5.82 Å². The zero-order valence-electron chi connectivity index (χ0n) is 19.1. The van der Waals surface area contributed by atoms with Crippen LogP contribution in [0.25, 0.3) is 17.3 Å². The maximum Gasteiger partial charge on any atom is 0.271 e. The number of nitrogens with zero attached hydrogens (tertiary/aromatic N) is 5. The highest BCUT2D eigenvalue weighted by Crippen LogP contribution is 2.37. The second-order valence-electron chi connectivity index (χ2n) is 7.34. The van der Waals surface area contributed by atoms with Crippen molar-refractivity contribution in [3.05, 3.63) is 65.1 Å². The Hall–Kier alpha value is -3.72. The zero-order valence-corrected chi connectivity index (χ0v) is 20.6. The van der Waals surface area contributed by atoms with Crippen molar-refractivity contribution in [2.45, 2.75) is 18.6 Å². The minimum Gasteiger partial charge on any atom is -0.593 e. The number of para-hydroxylation sites is 1. The number of ether oxygens (including phenoxy) is 2. The van der Waals surface area contributed by atoms with Gasteiger partial charge in [0, 0.05) is 12.6 Å². The van der Waals surface area contributed by atoms with Gasteiger partial charge in [-0.05, 0) is 37.3 Å². The van der Waals surface area contributed by atoms with Gasteiger partial charge in [-0.1, -0.05) is 17.7 Å². The average molecular weight is 513 g/mol. The van der Waals surface area contributed by atoms with Gasteiger partial charge in [0.05, 0.1) is 48.1 Å². The molecule has 2 atom stereocenters. The third kappa shape index (κ3) is 5.05. The van der Waals surface area contributed by atoms with E-state index in [0.29, 0.717) is 45.1 Å². The fourth-order valence-electron chi connectivity index (χ4n) is 3.45. The van der Waals surface area contributed by atoms with Crippen LogP contribution in [-0.2, 0) is 17.8 Å². The Labute approximate surface area is 209 Å². The summed E-state index contributed by atoms with van der Waals surface area (Å²) in [7, 11) is 3.07. The zero-order chi connectivity index (χ0) is 24.9. The number of hydrogen-bond acceptors (Lipinski definition) is 9. The van der Waals surface area contributed by atoms with Crippen LogP contribution in [0.4, 0.5) is 5.95 Å². The quantitative estimate of drug-likeness (QED) is 0.328. The standard InChI is InChI=1S/C23H21ClN6O4S/c1-14(10-17-15(12-25)11-16(24)13-26-17)35(31)29-23-28-27-22(20-8-5-9-34-20)30(23)21-18(32-2)6-4-7-19(21)33-3/h4-9,11,13-14H,10H2,1-3H3,(H,28,29). The van der Waals surface area contributed by atoms with Gasteiger partial charge in [-0.15, -0.1) is 10.2 Å². The van der Waals surface area contributed by atoms with E-state index in [1.807, 2.05) is 0 Å². The molecule has 1 N–H and O–H groups in total. The number of rotatable bonds is 9. The molecule has 12 heteroatoms. The Kier molecular flexibility index (Phi) is 7.45. The van der Waals surface area contributed by atoms with Crippen molar-refractivity contribution in [2.75, 3.05) is 18.9 Å². The van der Waals surface area contributed by atoms with Crippen molar-refractivity contribution in [1.29, 1.82) is 5.26 Å². The van der Waals surface area contributed by atoms with Gasteiger partial charge < -0.3 is 18.4 Å². The molecule has 0 saturated carbocycles. The molecule has 35 heavy (non-hydrogen) atoms. The van der Waals surface area contributed by atoms with Crippen LogP contribution in [0.5, 0.6) is 11.5 Å². The lowest BCUT2D eigenvalue weighted by Gasteiger charge is -2.20. The van der Waals surface area contributed by atoms with E-state index < -0.39 is 16.6 Å². The van der Waals surface area contributed by atoms with Crippen molar-refractivity contribution in [3.63, 3.8) is 0 Å². The maximum absolute atomic E-state index is 13.3. The number of nitriles is 1. The molecular formula is C23H21ClN6O4S. The van der Waals surface area contributed by atoms with Crippen LogP contribution in [0.3, 0.4) is 0 Å². The number of furan rings is 1. The van der Waals surface area contributed by atoms with Crippen LogP contribution in [-0.4, -0.2) is 43.8 Å². The van der Waals surface area contributed by atoms with Crippen molar-refractivity contribution in [1.82, 2.24) is 19.7 Å². The van der Waals surface area contributed by atoms with Crippen LogP contribution in [0.1, 0.15) is 18.2 Å². The summed E-state index contributed by atoms with van der Waals surface area (Å²) in [5.41, 5.74) is 1.35. The molecular weight excluding hydrogens is 492 g/mol. The highest BCUT2D eigenvalue weighted by molar-refractivity contribution is 7.93. The molecule has 4 aromatic rings. The largest absolute Gasteiger partial charge is 0.593 e. The van der Waals surface area contributed by atoms with E-state index in [1.165, 1.54) is 32.7 Å². The van der Waals surface area contributed by atoms with Gasteiger partial charge in [-0.3, -0.25) is 4.98 Å². The fraction of sp³-hybridized carbons (Fsp3) is 0.217. The van der Waals surface area contributed by atoms with Gasteiger partial charge in [0.1, 0.15) is 28.5 Å². The Morgan fingerprint density at radius 3 is 2.60 bits per heavy atom. The van der Waals surface area contributed by atoms with Gasteiger partial charge in [-0.2, -0.15) is 9.98 Å². The minimum absolute atomic E-state index is 0.189. The van der Waals surface area contributed by atoms with E-state index in [0.717, 1.165) is 0 Å². The molecule has 0 radical (unpaired) electrons. The monoisotopic (exact) mass is 512 g/mol. The molecule has 0 saturated heterocycles. The molecule has 0 amide bonds. The first-order chi connectivity index (χ1) is 17.0.